The first-order valence-electron chi connectivity index (χ1n) is 5.13. The quantitative estimate of drug-likeness (QED) is 0.795. The van der Waals surface area contributed by atoms with E-state index in [1.807, 2.05) is 0 Å². The molecule has 7 heteroatoms. The number of aromatic nitrogens is 1. The van der Waals surface area contributed by atoms with Crippen LogP contribution in [0.5, 0.6) is 0 Å². The van der Waals surface area contributed by atoms with Gasteiger partial charge in [0.05, 0.1) is 11.8 Å². The third-order valence-corrected chi connectivity index (χ3v) is 3.16. The number of thioether (sulfide) groups is 1. The lowest BCUT2D eigenvalue weighted by Gasteiger charge is -2.08. The number of pyridine rings is 1. The predicted octanol–water partition coefficient (Wildman–Crippen LogP) is 3.37. The highest BCUT2D eigenvalue weighted by atomic mass is 32.2. The summed E-state index contributed by atoms with van der Waals surface area (Å²) in [5, 5.41) is 9.06. The van der Waals surface area contributed by atoms with Gasteiger partial charge in [0.1, 0.15) is 11.6 Å². The SMILES string of the molecule is CSc1[nH+]c(-c2ccco2)cc(C(F)(F)F)c1C#N. The van der Waals surface area contributed by atoms with E-state index in [0.717, 1.165) is 17.8 Å². The van der Waals surface area contributed by atoms with Crippen molar-refractivity contribution in [2.45, 2.75) is 11.2 Å². The van der Waals surface area contributed by atoms with E-state index in [0.29, 0.717) is 0 Å². The van der Waals surface area contributed by atoms with Crippen molar-refractivity contribution in [2.24, 2.45) is 0 Å². The number of nitriles is 1. The van der Waals surface area contributed by atoms with Gasteiger partial charge in [0.15, 0.2) is 5.76 Å². The zero-order chi connectivity index (χ0) is 14.0. The molecule has 0 unspecified atom stereocenters. The summed E-state index contributed by atoms with van der Waals surface area (Å²) < 4.78 is 44.0. The number of nitrogens with zero attached hydrogens (tertiary/aromatic N) is 1. The Morgan fingerprint density at radius 1 is 1.42 bits per heavy atom. The molecule has 0 aliphatic rings. The molecule has 0 bridgehead atoms. The Morgan fingerprint density at radius 2 is 2.16 bits per heavy atom. The summed E-state index contributed by atoms with van der Waals surface area (Å²) in [6.07, 6.45) is -1.63. The monoisotopic (exact) mass is 285 g/mol. The number of furan rings is 1. The van der Waals surface area contributed by atoms with Crippen LogP contribution in [0.15, 0.2) is 33.9 Å². The molecule has 0 atom stereocenters. The summed E-state index contributed by atoms with van der Waals surface area (Å²) in [7, 11) is 0. The van der Waals surface area contributed by atoms with E-state index in [2.05, 4.69) is 4.98 Å². The van der Waals surface area contributed by atoms with Crippen LogP contribution < -0.4 is 4.98 Å². The molecule has 0 aromatic carbocycles. The second-order valence-electron chi connectivity index (χ2n) is 3.59. The van der Waals surface area contributed by atoms with Gasteiger partial charge in [-0.2, -0.15) is 23.4 Å². The van der Waals surface area contributed by atoms with Crippen molar-refractivity contribution in [3.05, 3.63) is 35.6 Å². The van der Waals surface area contributed by atoms with Crippen LogP contribution in [-0.2, 0) is 6.18 Å². The van der Waals surface area contributed by atoms with Gasteiger partial charge in [-0.05, 0) is 18.4 Å². The number of alkyl halides is 3. The van der Waals surface area contributed by atoms with Crippen molar-refractivity contribution in [1.29, 1.82) is 5.26 Å². The maximum absolute atomic E-state index is 13.0. The second kappa shape index (κ2) is 4.97. The smallest absolute Gasteiger partial charge is 0.418 e. The zero-order valence-corrected chi connectivity index (χ0v) is 10.5. The van der Waals surface area contributed by atoms with Crippen molar-refractivity contribution in [3.8, 4) is 17.5 Å². The molecule has 0 aliphatic heterocycles. The Hall–Kier alpha value is -1.94. The number of hydrogen-bond donors (Lipinski definition) is 0. The van der Waals surface area contributed by atoms with Gasteiger partial charge >= 0.3 is 6.18 Å². The van der Waals surface area contributed by atoms with Gasteiger partial charge in [-0.15, -0.1) is 0 Å². The summed E-state index contributed by atoms with van der Waals surface area (Å²) in [4.78, 5) is 2.78. The minimum atomic E-state index is -4.59. The molecule has 2 rings (SSSR count). The molecule has 0 radical (unpaired) electrons. The average Bonchev–Trinajstić information content (AvgIpc) is 2.89. The van der Waals surface area contributed by atoms with Gasteiger partial charge < -0.3 is 4.42 Å². The van der Waals surface area contributed by atoms with Crippen LogP contribution in [0.3, 0.4) is 0 Å². The summed E-state index contributed by atoms with van der Waals surface area (Å²) >= 11 is 1.04. The van der Waals surface area contributed by atoms with E-state index in [-0.39, 0.29) is 16.5 Å². The third-order valence-electron chi connectivity index (χ3n) is 2.44. The molecule has 3 nitrogen and oxygen atoms in total. The van der Waals surface area contributed by atoms with Crippen molar-refractivity contribution in [3.63, 3.8) is 0 Å². The predicted molar refractivity (Wildman–Crippen MR) is 62.2 cm³/mol. The van der Waals surface area contributed by atoms with E-state index in [9.17, 15) is 13.2 Å². The molecular weight excluding hydrogens is 277 g/mol. The van der Waals surface area contributed by atoms with E-state index in [4.69, 9.17) is 9.68 Å². The largest absolute Gasteiger partial charge is 0.458 e. The summed E-state index contributed by atoms with van der Waals surface area (Å²) in [5.41, 5.74) is -1.19. The Balaban J connectivity index is 2.71. The molecule has 0 aliphatic carbocycles. The van der Waals surface area contributed by atoms with Gasteiger partial charge in [0.2, 0.25) is 5.69 Å². The van der Waals surface area contributed by atoms with Crippen molar-refractivity contribution < 1.29 is 22.6 Å². The van der Waals surface area contributed by atoms with E-state index in [1.165, 1.54) is 6.26 Å². The van der Waals surface area contributed by atoms with Crippen LogP contribution in [0.2, 0.25) is 0 Å². The lowest BCUT2D eigenvalue weighted by molar-refractivity contribution is -0.415. The Morgan fingerprint density at radius 3 is 2.63 bits per heavy atom. The molecule has 0 fully saturated rings. The summed E-state index contributed by atoms with van der Waals surface area (Å²) in [6, 6.07) is 5.60. The number of rotatable bonds is 2. The van der Waals surface area contributed by atoms with E-state index < -0.39 is 17.3 Å². The molecule has 0 amide bonds. The van der Waals surface area contributed by atoms with Crippen molar-refractivity contribution in [1.82, 2.24) is 0 Å². The number of aromatic amines is 1. The number of halogens is 3. The van der Waals surface area contributed by atoms with Gasteiger partial charge in [0, 0.05) is 6.07 Å². The molecule has 98 valence electrons. The normalized spacial score (nSPS) is 11.3. The van der Waals surface area contributed by atoms with Crippen LogP contribution in [0.4, 0.5) is 13.2 Å². The molecule has 0 spiro atoms. The topological polar surface area (TPSA) is 51.1 Å². The highest BCUT2D eigenvalue weighted by molar-refractivity contribution is 7.98. The molecule has 2 aromatic heterocycles. The van der Waals surface area contributed by atoms with Gasteiger partial charge in [-0.1, -0.05) is 11.8 Å². The molecule has 19 heavy (non-hydrogen) atoms. The lowest BCUT2D eigenvalue weighted by atomic mass is 10.1. The van der Waals surface area contributed by atoms with Crippen LogP contribution in [0, 0.1) is 11.3 Å². The number of hydrogen-bond acceptors (Lipinski definition) is 3. The fourth-order valence-corrected chi connectivity index (χ4v) is 2.18. The Bertz CT molecular complexity index is 630. The third kappa shape index (κ3) is 2.58. The first-order valence-corrected chi connectivity index (χ1v) is 6.35. The zero-order valence-electron chi connectivity index (χ0n) is 9.71. The van der Waals surface area contributed by atoms with Crippen LogP contribution in [-0.4, -0.2) is 6.26 Å². The lowest BCUT2D eigenvalue weighted by Crippen LogP contribution is -2.18. The summed E-state index contributed by atoms with van der Waals surface area (Å²) in [5.74, 6) is 0.283. The standard InChI is InChI=1S/C12H7F3N2OS/c1-19-11-7(6-16)8(12(13,14)15)5-9(17-11)10-3-2-4-18-10/h2-5H,1H3/p+1. The highest BCUT2D eigenvalue weighted by Gasteiger charge is 2.38. The summed E-state index contributed by atoms with van der Waals surface area (Å²) in [6.45, 7) is 0. The molecule has 2 heterocycles. The highest BCUT2D eigenvalue weighted by Crippen LogP contribution is 2.35. The second-order valence-corrected chi connectivity index (χ2v) is 4.41. The average molecular weight is 285 g/mol. The minimum absolute atomic E-state index is 0.156. The fraction of sp³-hybridized carbons (Fsp3) is 0.167. The van der Waals surface area contributed by atoms with Crippen LogP contribution in [0.1, 0.15) is 11.1 Å². The van der Waals surface area contributed by atoms with E-state index >= 15 is 0 Å². The van der Waals surface area contributed by atoms with E-state index in [1.54, 1.807) is 24.5 Å². The minimum Gasteiger partial charge on any atom is -0.458 e. The van der Waals surface area contributed by atoms with Crippen molar-refractivity contribution in [2.75, 3.05) is 6.26 Å². The molecule has 2 aromatic rings. The maximum Gasteiger partial charge on any atom is 0.418 e. The molecule has 1 N–H and O–H groups in total. The van der Waals surface area contributed by atoms with Gasteiger partial charge in [0.25, 0.3) is 5.03 Å². The van der Waals surface area contributed by atoms with Gasteiger partial charge in [-0.25, -0.2) is 0 Å². The number of nitrogens with one attached hydrogen (secondary N) is 1. The van der Waals surface area contributed by atoms with Crippen LogP contribution >= 0.6 is 11.8 Å². The molecule has 0 saturated carbocycles. The molecule has 0 saturated heterocycles. The fourth-order valence-electron chi connectivity index (χ4n) is 1.61. The maximum atomic E-state index is 13.0. The first-order chi connectivity index (χ1) is 8.97. The Kier molecular flexibility index (Phi) is 3.53. The van der Waals surface area contributed by atoms with Gasteiger partial charge in [-0.3, -0.25) is 0 Å². The van der Waals surface area contributed by atoms with Crippen molar-refractivity contribution >= 4 is 11.8 Å². The Labute approximate surface area is 111 Å². The van der Waals surface area contributed by atoms with Crippen LogP contribution in [0.25, 0.3) is 11.5 Å². The number of H-pyrrole nitrogens is 1. The first kappa shape index (κ1) is 13.5. The molecular formula is C12H8F3N2OS+.